The number of ether oxygens (including phenoxy) is 1. The monoisotopic (exact) mass is 852 g/mol. The molecule has 5 aromatic rings. The summed E-state index contributed by atoms with van der Waals surface area (Å²) in [4.78, 5) is 106. The number of aromatic nitrogens is 3. The first kappa shape index (κ1) is 43.6. The fraction of sp³-hybridized carbons (Fsp3) is 0.333. The van der Waals surface area contributed by atoms with Gasteiger partial charge in [-0.05, 0) is 55.5 Å². The van der Waals surface area contributed by atoms with Gasteiger partial charge in [0.05, 0.1) is 31.9 Å². The number of hydrogen-bond acceptors (Lipinski definition) is 10. The standard InChI is InChI=1S/C42H48N10O8S/c1-6-27-38(56)47-23(3)42(59)52(4)20-35(54)46-22(2)41-51-32(21-61-41)40(58)49-30(15-14-24-17-43-28-11-8-7-10-26(24)28)39(57)50-31(37(55)45-19-34(53)48-27)16-25-18-44-29-12-9-13-33(60-5)36(25)29/h7-13,17-18,21-22,27,30-31,43-44H,3,6,14-16,19-20H2,1-2,4-5H3,(H,45,55)(H,46,54)(H,47,56)(H,48,53)(H,49,58)(H,50,57). The molecule has 18 nitrogen and oxygen atoms in total. The summed E-state index contributed by atoms with van der Waals surface area (Å²) in [5.41, 5.74) is 2.84. The lowest BCUT2D eigenvalue weighted by atomic mass is 10.0. The number of para-hydroxylation sites is 1. The van der Waals surface area contributed by atoms with Crippen molar-refractivity contribution in [1.82, 2.24) is 51.8 Å². The predicted molar refractivity (Wildman–Crippen MR) is 227 cm³/mol. The number of thiazole rings is 1. The van der Waals surface area contributed by atoms with E-state index >= 15 is 0 Å². The first-order valence-electron chi connectivity index (χ1n) is 19.6. The van der Waals surface area contributed by atoms with Crippen LogP contribution in [0.15, 0.2) is 72.5 Å². The molecule has 3 aromatic heterocycles. The van der Waals surface area contributed by atoms with Crippen LogP contribution < -0.4 is 36.6 Å². The number of amides is 7. The zero-order valence-electron chi connectivity index (χ0n) is 34.1. The molecule has 0 spiro atoms. The molecular formula is C42H48N10O8S. The van der Waals surface area contributed by atoms with Gasteiger partial charge in [0.15, 0.2) is 0 Å². The van der Waals surface area contributed by atoms with Crippen molar-refractivity contribution in [3.05, 3.63) is 94.3 Å². The Morgan fingerprint density at radius 1 is 0.836 bits per heavy atom. The highest BCUT2D eigenvalue weighted by Gasteiger charge is 2.31. The fourth-order valence-electron chi connectivity index (χ4n) is 7.03. The summed E-state index contributed by atoms with van der Waals surface area (Å²) in [5, 5.41) is 19.4. The van der Waals surface area contributed by atoms with Gasteiger partial charge in [-0.1, -0.05) is 37.8 Å². The largest absolute Gasteiger partial charge is 0.496 e. The zero-order valence-corrected chi connectivity index (χ0v) is 34.9. The van der Waals surface area contributed by atoms with Gasteiger partial charge in [-0.3, -0.25) is 33.6 Å². The van der Waals surface area contributed by atoms with Gasteiger partial charge in [0.1, 0.15) is 34.6 Å². The number of likely N-dealkylation sites (N-methyl/N-ethyl adjacent to an activating group) is 1. The van der Waals surface area contributed by atoms with Crippen molar-refractivity contribution in [3.63, 3.8) is 0 Å². The third-order valence-electron chi connectivity index (χ3n) is 10.3. The third kappa shape index (κ3) is 10.4. The molecule has 19 heteroatoms. The van der Waals surface area contributed by atoms with Crippen molar-refractivity contribution in [1.29, 1.82) is 0 Å². The van der Waals surface area contributed by atoms with E-state index in [4.69, 9.17) is 4.74 Å². The molecule has 2 bridgehead atoms. The molecule has 0 saturated heterocycles. The molecule has 2 aromatic carbocycles. The summed E-state index contributed by atoms with van der Waals surface area (Å²) >= 11 is 1.12. The lowest BCUT2D eigenvalue weighted by molar-refractivity contribution is -0.134. The van der Waals surface area contributed by atoms with Gasteiger partial charge in [-0.25, -0.2) is 4.98 Å². The van der Waals surface area contributed by atoms with Crippen molar-refractivity contribution < 1.29 is 38.3 Å². The van der Waals surface area contributed by atoms with Crippen LogP contribution in [0.5, 0.6) is 5.75 Å². The van der Waals surface area contributed by atoms with E-state index in [0.29, 0.717) is 28.1 Å². The summed E-state index contributed by atoms with van der Waals surface area (Å²) in [6.07, 6.45) is 4.10. The van der Waals surface area contributed by atoms with E-state index in [9.17, 15) is 33.6 Å². The molecule has 4 unspecified atom stereocenters. The summed E-state index contributed by atoms with van der Waals surface area (Å²) in [6, 6.07) is 8.86. The maximum Gasteiger partial charge on any atom is 0.271 e. The summed E-state index contributed by atoms with van der Waals surface area (Å²) in [7, 11) is 2.87. The first-order valence-corrected chi connectivity index (χ1v) is 20.5. The Labute approximate surface area is 354 Å². The number of rotatable bonds is 7. The van der Waals surface area contributed by atoms with Crippen LogP contribution in [0.4, 0.5) is 0 Å². The Bertz CT molecular complexity index is 2490. The van der Waals surface area contributed by atoms with E-state index in [1.807, 2.05) is 36.5 Å². The van der Waals surface area contributed by atoms with Crippen LogP contribution in [0.3, 0.4) is 0 Å². The van der Waals surface area contributed by atoms with Crippen LogP contribution in [0.25, 0.3) is 21.8 Å². The van der Waals surface area contributed by atoms with E-state index < -0.39 is 78.6 Å². The fourth-order valence-corrected chi connectivity index (χ4v) is 7.83. The molecule has 4 heterocycles. The number of nitrogens with zero attached hydrogens (tertiary/aromatic N) is 2. The third-order valence-corrected chi connectivity index (χ3v) is 11.3. The number of methoxy groups -OCH3 is 1. The van der Waals surface area contributed by atoms with Gasteiger partial charge in [0, 0.05) is 53.0 Å². The van der Waals surface area contributed by atoms with Gasteiger partial charge < -0.3 is 51.5 Å². The quantitative estimate of drug-likeness (QED) is 0.111. The molecule has 320 valence electrons. The highest BCUT2D eigenvalue weighted by Crippen LogP contribution is 2.29. The van der Waals surface area contributed by atoms with Crippen molar-refractivity contribution in [2.75, 3.05) is 27.2 Å². The smallest absolute Gasteiger partial charge is 0.271 e. The number of H-pyrrole nitrogens is 2. The van der Waals surface area contributed by atoms with Crippen LogP contribution in [-0.4, -0.2) is 107 Å². The van der Waals surface area contributed by atoms with Crippen molar-refractivity contribution in [3.8, 4) is 5.75 Å². The number of aryl methyl sites for hydroxylation is 1. The first-order chi connectivity index (χ1) is 29.3. The Morgan fingerprint density at radius 3 is 2.34 bits per heavy atom. The van der Waals surface area contributed by atoms with E-state index in [-0.39, 0.29) is 30.7 Å². The van der Waals surface area contributed by atoms with Gasteiger partial charge in [-0.15, -0.1) is 11.3 Å². The van der Waals surface area contributed by atoms with Crippen molar-refractivity contribution >= 4 is 74.5 Å². The number of carbonyl (C=O) groups is 7. The minimum atomic E-state index is -1.27. The lowest BCUT2D eigenvalue weighted by Crippen LogP contribution is -2.56. The Balaban J connectivity index is 1.33. The lowest BCUT2D eigenvalue weighted by Gasteiger charge is -2.24. The van der Waals surface area contributed by atoms with Crippen LogP contribution in [0, 0.1) is 0 Å². The van der Waals surface area contributed by atoms with Crippen LogP contribution in [0.1, 0.15) is 59.4 Å². The average Bonchev–Trinajstić information content (AvgIpc) is 4.01. The second kappa shape index (κ2) is 19.4. The molecule has 0 aliphatic carbocycles. The number of fused-ring (bicyclic) bond motifs is 4. The molecule has 1 aliphatic rings. The maximum atomic E-state index is 14.4. The van der Waals surface area contributed by atoms with Crippen LogP contribution >= 0.6 is 11.3 Å². The maximum absolute atomic E-state index is 14.4. The summed E-state index contributed by atoms with van der Waals surface area (Å²) in [6.45, 7) is 5.97. The second-order valence-electron chi connectivity index (χ2n) is 14.6. The molecule has 1 aliphatic heterocycles. The van der Waals surface area contributed by atoms with Gasteiger partial charge >= 0.3 is 0 Å². The highest BCUT2D eigenvalue weighted by atomic mass is 32.1. The predicted octanol–water partition coefficient (Wildman–Crippen LogP) is 1.86. The minimum absolute atomic E-state index is 0.00337. The van der Waals surface area contributed by atoms with Gasteiger partial charge in [-0.2, -0.15) is 0 Å². The molecule has 0 fully saturated rings. The normalized spacial score (nSPS) is 20.6. The Morgan fingerprint density at radius 2 is 1.57 bits per heavy atom. The molecule has 0 radical (unpaired) electrons. The van der Waals surface area contributed by atoms with Crippen LogP contribution in [-0.2, 0) is 41.6 Å². The molecule has 0 saturated carbocycles. The number of benzene rings is 2. The SMILES string of the molecule is C=C1NC(=O)C(CC)NC(=O)CNC(=O)C(Cc2c[nH]c3cccc(OC)c23)NC(=O)C(CCc2c[nH]c3ccccc23)NC(=O)c2csc(n2)C(C)NC(=O)CN(C)C1=O. The molecule has 7 amide bonds. The zero-order chi connectivity index (χ0) is 43.8. The number of carbonyl (C=O) groups excluding carboxylic acids is 7. The molecule has 61 heavy (non-hydrogen) atoms. The average molecular weight is 853 g/mol. The molecular weight excluding hydrogens is 805 g/mol. The molecule has 4 atom stereocenters. The van der Waals surface area contributed by atoms with E-state index in [2.05, 4.69) is 53.4 Å². The Kier molecular flexibility index (Phi) is 13.8. The van der Waals surface area contributed by atoms with E-state index in [1.54, 1.807) is 32.2 Å². The minimum Gasteiger partial charge on any atom is -0.496 e. The Hall–Kier alpha value is -7.02. The summed E-state index contributed by atoms with van der Waals surface area (Å²) < 4.78 is 5.60. The molecule has 8 N–H and O–H groups in total. The summed E-state index contributed by atoms with van der Waals surface area (Å²) in [5.74, 6) is -4.27. The van der Waals surface area contributed by atoms with Gasteiger partial charge in [0.2, 0.25) is 29.5 Å². The van der Waals surface area contributed by atoms with E-state index in [0.717, 1.165) is 38.2 Å². The number of nitrogens with one attached hydrogen (secondary N) is 8. The van der Waals surface area contributed by atoms with Gasteiger partial charge in [0.25, 0.3) is 11.8 Å². The number of hydrogen-bond donors (Lipinski definition) is 8. The number of aromatic amines is 2. The topological polar surface area (TPSA) is 249 Å². The van der Waals surface area contributed by atoms with Crippen LogP contribution in [0.2, 0.25) is 0 Å². The highest BCUT2D eigenvalue weighted by molar-refractivity contribution is 7.09. The molecule has 6 rings (SSSR count). The second-order valence-corrected chi connectivity index (χ2v) is 15.5. The van der Waals surface area contributed by atoms with Crippen molar-refractivity contribution in [2.24, 2.45) is 0 Å². The van der Waals surface area contributed by atoms with E-state index in [1.165, 1.54) is 19.5 Å². The van der Waals surface area contributed by atoms with Crippen molar-refractivity contribution in [2.45, 2.75) is 63.7 Å².